The Bertz CT molecular complexity index is 699. The summed E-state index contributed by atoms with van der Waals surface area (Å²) in [5.41, 5.74) is 5.75. The van der Waals surface area contributed by atoms with Crippen molar-refractivity contribution in [2.75, 3.05) is 0 Å². The van der Waals surface area contributed by atoms with Gasteiger partial charge in [0.2, 0.25) is 0 Å². The zero-order valence-corrected chi connectivity index (χ0v) is 13.1. The molecule has 0 fully saturated rings. The van der Waals surface area contributed by atoms with Crippen molar-refractivity contribution < 1.29 is 13.3 Å². The van der Waals surface area contributed by atoms with Crippen molar-refractivity contribution in [3.05, 3.63) is 62.3 Å². The van der Waals surface area contributed by atoms with Crippen LogP contribution in [0.2, 0.25) is 0 Å². The van der Waals surface area contributed by atoms with Gasteiger partial charge in [0, 0.05) is 14.6 Å². The molecule has 0 saturated carbocycles. The fourth-order valence-corrected chi connectivity index (χ4v) is 4.70. The summed E-state index contributed by atoms with van der Waals surface area (Å²) in [5.74, 6) is 0. The molecule has 0 amide bonds. The molecule has 106 valence electrons. The summed E-state index contributed by atoms with van der Waals surface area (Å²) >= 11 is 1.83. The number of nitro groups is 1. The van der Waals surface area contributed by atoms with E-state index in [1.165, 1.54) is 30.3 Å². The van der Waals surface area contributed by atoms with Gasteiger partial charge in [0.1, 0.15) is 6.04 Å². The highest BCUT2D eigenvalue weighted by molar-refractivity contribution is 14.1. The van der Waals surface area contributed by atoms with Gasteiger partial charge in [-0.3, -0.25) is 10.1 Å². The number of allylic oxidation sites excluding steroid dienone is 2. The van der Waals surface area contributed by atoms with E-state index in [2.05, 4.69) is 0 Å². The Morgan fingerprint density at radius 3 is 2.45 bits per heavy atom. The first-order chi connectivity index (χ1) is 9.32. The Balaban J connectivity index is 2.73. The SMILES string of the molecule is NC1C=CC(I)=CC1([N+](=O)[O-])S(=O)(=O)c1ccccc1. The topological polar surface area (TPSA) is 103 Å². The number of nitrogens with zero attached hydrogens (tertiary/aromatic N) is 1. The molecule has 1 aromatic rings. The molecular formula is C12H11IN2O4S. The highest BCUT2D eigenvalue weighted by atomic mass is 127. The lowest BCUT2D eigenvalue weighted by molar-refractivity contribution is -0.528. The molecule has 1 aliphatic carbocycles. The predicted octanol–water partition coefficient (Wildman–Crippen LogP) is 1.65. The molecule has 8 heteroatoms. The molecule has 0 radical (unpaired) electrons. The minimum atomic E-state index is -4.26. The second-order valence-electron chi connectivity index (χ2n) is 4.24. The number of halogens is 1. The monoisotopic (exact) mass is 406 g/mol. The van der Waals surface area contributed by atoms with Crippen LogP contribution in [0.5, 0.6) is 0 Å². The first-order valence-corrected chi connectivity index (χ1v) is 8.15. The minimum absolute atomic E-state index is 0.122. The average molecular weight is 406 g/mol. The Morgan fingerprint density at radius 1 is 1.30 bits per heavy atom. The van der Waals surface area contributed by atoms with E-state index in [1.54, 1.807) is 12.1 Å². The third-order valence-electron chi connectivity index (χ3n) is 3.05. The third kappa shape index (κ3) is 2.17. The van der Waals surface area contributed by atoms with Gasteiger partial charge in [0.15, 0.2) is 0 Å². The molecule has 2 atom stereocenters. The van der Waals surface area contributed by atoms with Crippen LogP contribution in [0.1, 0.15) is 0 Å². The summed E-state index contributed by atoms with van der Waals surface area (Å²) in [7, 11) is -4.26. The molecule has 2 rings (SSSR count). The van der Waals surface area contributed by atoms with E-state index in [9.17, 15) is 18.5 Å². The van der Waals surface area contributed by atoms with Crippen LogP contribution < -0.4 is 5.73 Å². The van der Waals surface area contributed by atoms with E-state index < -0.39 is 25.7 Å². The van der Waals surface area contributed by atoms with Crippen molar-refractivity contribution >= 4 is 32.4 Å². The average Bonchev–Trinajstić information content (AvgIpc) is 2.42. The molecule has 0 saturated heterocycles. The molecule has 1 aliphatic rings. The van der Waals surface area contributed by atoms with Crippen molar-refractivity contribution in [3.8, 4) is 0 Å². The van der Waals surface area contributed by atoms with Gasteiger partial charge >= 0.3 is 4.87 Å². The summed E-state index contributed by atoms with van der Waals surface area (Å²) in [5, 5.41) is 11.5. The highest BCUT2D eigenvalue weighted by Crippen LogP contribution is 2.36. The van der Waals surface area contributed by atoms with Crippen molar-refractivity contribution in [1.29, 1.82) is 0 Å². The normalized spacial score (nSPS) is 26.1. The smallest absolute Gasteiger partial charge is 0.317 e. The van der Waals surface area contributed by atoms with Crippen LogP contribution in [0.3, 0.4) is 0 Å². The predicted molar refractivity (Wildman–Crippen MR) is 82.6 cm³/mol. The van der Waals surface area contributed by atoms with Crippen LogP contribution in [0.15, 0.2) is 57.0 Å². The van der Waals surface area contributed by atoms with Gasteiger partial charge in [-0.1, -0.05) is 30.4 Å². The maximum absolute atomic E-state index is 12.7. The quantitative estimate of drug-likeness (QED) is 0.467. The molecule has 20 heavy (non-hydrogen) atoms. The largest absolute Gasteiger partial charge is 0.360 e. The second kappa shape index (κ2) is 5.26. The molecule has 0 aromatic heterocycles. The highest BCUT2D eigenvalue weighted by Gasteiger charge is 2.59. The summed E-state index contributed by atoms with van der Waals surface area (Å²) in [6, 6.07) is 6.07. The molecule has 0 heterocycles. The van der Waals surface area contributed by atoms with Gasteiger partial charge in [-0.15, -0.1) is 0 Å². The van der Waals surface area contributed by atoms with Gasteiger partial charge in [0.05, 0.1) is 4.90 Å². The van der Waals surface area contributed by atoms with Gasteiger partial charge in [-0.2, -0.15) is 0 Å². The van der Waals surface area contributed by atoms with E-state index in [-0.39, 0.29) is 4.90 Å². The van der Waals surface area contributed by atoms with Gasteiger partial charge in [-0.25, -0.2) is 8.42 Å². The maximum atomic E-state index is 12.7. The van der Waals surface area contributed by atoms with E-state index in [4.69, 9.17) is 5.73 Å². The summed E-state index contributed by atoms with van der Waals surface area (Å²) in [4.78, 5) is 8.19. The van der Waals surface area contributed by atoms with Crippen molar-refractivity contribution in [2.24, 2.45) is 5.73 Å². The van der Waals surface area contributed by atoms with Crippen LogP contribution in [0.25, 0.3) is 0 Å². The Labute approximate surface area is 129 Å². The number of hydrogen-bond donors (Lipinski definition) is 1. The standard InChI is InChI=1S/C12H11IN2O4S/c13-9-6-7-11(14)12(8-9,15(16)17)20(18,19)10-4-2-1-3-5-10/h1-8,11H,14H2. The molecule has 0 spiro atoms. The van der Waals surface area contributed by atoms with Gasteiger partial charge < -0.3 is 5.73 Å². The molecule has 0 bridgehead atoms. The fourth-order valence-electron chi connectivity index (χ4n) is 1.99. The van der Waals surface area contributed by atoms with Crippen molar-refractivity contribution in [3.63, 3.8) is 0 Å². The van der Waals surface area contributed by atoms with Crippen molar-refractivity contribution in [1.82, 2.24) is 0 Å². The van der Waals surface area contributed by atoms with Gasteiger partial charge in [0.25, 0.3) is 9.84 Å². The Kier molecular flexibility index (Phi) is 3.98. The number of benzene rings is 1. The Morgan fingerprint density at radius 2 is 1.90 bits per heavy atom. The number of sulfone groups is 1. The van der Waals surface area contributed by atoms with Gasteiger partial charge in [-0.05, 0) is 34.7 Å². The molecule has 1 aromatic carbocycles. The number of nitrogens with two attached hydrogens (primary N) is 1. The van der Waals surface area contributed by atoms with E-state index >= 15 is 0 Å². The van der Waals surface area contributed by atoms with Crippen LogP contribution in [0.4, 0.5) is 0 Å². The lowest BCUT2D eigenvalue weighted by Crippen LogP contribution is -2.58. The molecule has 0 aliphatic heterocycles. The summed E-state index contributed by atoms with van der Waals surface area (Å²) in [6.07, 6.45) is 4.00. The van der Waals surface area contributed by atoms with Crippen LogP contribution in [-0.4, -0.2) is 24.3 Å². The molecule has 2 N–H and O–H groups in total. The van der Waals surface area contributed by atoms with Crippen LogP contribution in [0, 0.1) is 10.1 Å². The molecule has 2 unspecified atom stereocenters. The lowest BCUT2D eigenvalue weighted by Gasteiger charge is -2.28. The second-order valence-corrected chi connectivity index (χ2v) is 7.62. The maximum Gasteiger partial charge on any atom is 0.360 e. The van der Waals surface area contributed by atoms with Crippen LogP contribution >= 0.6 is 22.6 Å². The van der Waals surface area contributed by atoms with E-state index in [0.717, 1.165) is 6.08 Å². The zero-order chi connectivity index (χ0) is 15.0. The molecular weight excluding hydrogens is 395 g/mol. The lowest BCUT2D eigenvalue weighted by atomic mass is 10.0. The number of hydrogen-bond acceptors (Lipinski definition) is 5. The zero-order valence-electron chi connectivity index (χ0n) is 10.1. The molecule has 6 nitrogen and oxygen atoms in total. The van der Waals surface area contributed by atoms with Crippen LogP contribution in [-0.2, 0) is 9.84 Å². The van der Waals surface area contributed by atoms with Crippen molar-refractivity contribution in [2.45, 2.75) is 15.8 Å². The summed E-state index contributed by atoms with van der Waals surface area (Å²) < 4.78 is 25.9. The number of rotatable bonds is 3. The summed E-state index contributed by atoms with van der Waals surface area (Å²) in [6.45, 7) is 0. The third-order valence-corrected chi connectivity index (χ3v) is 6.02. The first-order valence-electron chi connectivity index (χ1n) is 5.58. The Hall–Kier alpha value is -1.26. The minimum Gasteiger partial charge on any atom is -0.317 e. The first kappa shape index (κ1) is 15.1. The fraction of sp³-hybridized carbons (Fsp3) is 0.167. The van der Waals surface area contributed by atoms with E-state index in [1.807, 2.05) is 22.6 Å². The van der Waals surface area contributed by atoms with E-state index in [0.29, 0.717) is 3.58 Å².